The zero-order valence-corrected chi connectivity index (χ0v) is 20.3. The fourth-order valence-corrected chi connectivity index (χ4v) is 6.01. The van der Waals surface area contributed by atoms with E-state index in [0.717, 1.165) is 22.1 Å². The number of fused-ring (bicyclic) bond motifs is 5. The van der Waals surface area contributed by atoms with E-state index >= 15 is 0 Å². The lowest BCUT2D eigenvalue weighted by Crippen LogP contribution is -2.44. The summed E-state index contributed by atoms with van der Waals surface area (Å²) in [6, 6.07) is 2.54. The highest BCUT2D eigenvalue weighted by molar-refractivity contribution is 5.94. The van der Waals surface area contributed by atoms with Crippen LogP contribution in [0.4, 0.5) is 4.39 Å². The van der Waals surface area contributed by atoms with Gasteiger partial charge in [-0.3, -0.25) is 14.4 Å². The van der Waals surface area contributed by atoms with Crippen LogP contribution < -0.4 is 16.8 Å². The summed E-state index contributed by atoms with van der Waals surface area (Å²) in [5.41, 5.74) is 2.19. The quantitative estimate of drug-likeness (QED) is 0.278. The Bertz CT molecular complexity index is 1600. The average molecular weight is 509 g/mol. The Kier molecular flexibility index (Phi) is 5.23. The van der Waals surface area contributed by atoms with Gasteiger partial charge in [-0.25, -0.2) is 20.1 Å². The van der Waals surface area contributed by atoms with Crippen LogP contribution in [0.1, 0.15) is 59.2 Å². The molecule has 0 bridgehead atoms. The Morgan fingerprint density at radius 1 is 1.35 bits per heavy atom. The zero-order valence-electron chi connectivity index (χ0n) is 20.3. The smallest absolute Gasteiger partial charge is 0.343 e. The first-order valence-electron chi connectivity index (χ1n) is 12.1. The van der Waals surface area contributed by atoms with Gasteiger partial charge in [-0.1, -0.05) is 6.92 Å². The second-order valence-electron chi connectivity index (χ2n) is 9.78. The molecule has 0 saturated heterocycles. The number of benzene rings is 1. The molecule has 4 N–H and O–H groups in total. The predicted molar refractivity (Wildman–Crippen MR) is 129 cm³/mol. The molecule has 192 valence electrons. The van der Waals surface area contributed by atoms with Crippen molar-refractivity contribution in [1.82, 2.24) is 14.9 Å². The van der Waals surface area contributed by atoms with Crippen molar-refractivity contribution in [1.29, 1.82) is 0 Å². The zero-order chi connectivity index (χ0) is 26.2. The molecule has 4 heterocycles. The molecule has 6 rings (SSSR count). The molecule has 0 saturated carbocycles. The number of amides is 1. The van der Waals surface area contributed by atoms with Crippen molar-refractivity contribution in [2.75, 3.05) is 6.61 Å². The first-order valence-corrected chi connectivity index (χ1v) is 12.1. The summed E-state index contributed by atoms with van der Waals surface area (Å²) in [7, 11) is 0. The number of halogens is 1. The topological polar surface area (TPSA) is 146 Å². The van der Waals surface area contributed by atoms with E-state index in [0.29, 0.717) is 35.3 Å². The van der Waals surface area contributed by atoms with Gasteiger partial charge in [-0.2, -0.15) is 0 Å². The van der Waals surface area contributed by atoms with E-state index in [-0.39, 0.29) is 43.1 Å². The third-order valence-corrected chi connectivity index (χ3v) is 7.93. The van der Waals surface area contributed by atoms with Crippen LogP contribution in [0.15, 0.2) is 16.9 Å². The number of esters is 1. The number of ether oxygens (including phenoxy) is 1. The standard InChI is InChI=1S/C26H25FN4O6/c1-3-26(35)15-6-19-23-13(8-31(19)24(33)14(15)9-36-25(26)34)22-17(29-20(32)10-37-28)5-4-12-11(2)16(27)7-18(30-23)21(12)22/h6-7,17,35H,3-5,8-10,28H2,1-2H3,(H,29,32)/t17-,26-/m0/s1. The van der Waals surface area contributed by atoms with Gasteiger partial charge in [0.05, 0.1) is 35.1 Å². The lowest BCUT2D eigenvalue weighted by Gasteiger charge is -2.31. The van der Waals surface area contributed by atoms with Crippen molar-refractivity contribution in [2.24, 2.45) is 5.90 Å². The molecule has 2 aliphatic heterocycles. The van der Waals surface area contributed by atoms with Gasteiger partial charge in [0.25, 0.3) is 5.56 Å². The Balaban J connectivity index is 1.63. The van der Waals surface area contributed by atoms with Gasteiger partial charge >= 0.3 is 5.97 Å². The maximum absolute atomic E-state index is 14.9. The van der Waals surface area contributed by atoms with Crippen LogP contribution in [0.2, 0.25) is 0 Å². The van der Waals surface area contributed by atoms with Crippen molar-refractivity contribution >= 4 is 22.8 Å². The van der Waals surface area contributed by atoms with E-state index in [1.54, 1.807) is 19.9 Å². The molecule has 2 aromatic heterocycles. The van der Waals surface area contributed by atoms with Gasteiger partial charge in [0.15, 0.2) is 5.60 Å². The van der Waals surface area contributed by atoms with E-state index in [4.69, 9.17) is 15.6 Å². The molecular formula is C26H25FN4O6. The molecule has 1 aliphatic carbocycles. The monoisotopic (exact) mass is 508 g/mol. The molecule has 1 aromatic carbocycles. The number of nitrogens with two attached hydrogens (primary N) is 1. The third kappa shape index (κ3) is 3.20. The largest absolute Gasteiger partial charge is 0.458 e. The lowest BCUT2D eigenvalue weighted by atomic mass is 9.81. The molecule has 0 radical (unpaired) electrons. The molecule has 0 unspecified atom stereocenters. The first kappa shape index (κ1) is 23.7. The van der Waals surface area contributed by atoms with Crippen molar-refractivity contribution in [3.8, 4) is 11.4 Å². The van der Waals surface area contributed by atoms with Gasteiger partial charge in [-0.15, -0.1) is 0 Å². The number of rotatable bonds is 4. The number of aromatic nitrogens is 2. The summed E-state index contributed by atoms with van der Waals surface area (Å²) >= 11 is 0. The van der Waals surface area contributed by atoms with Crippen LogP contribution in [-0.2, 0) is 44.3 Å². The number of hydrogen-bond donors (Lipinski definition) is 3. The van der Waals surface area contributed by atoms with Gasteiger partial charge < -0.3 is 19.7 Å². The minimum atomic E-state index is -1.95. The maximum atomic E-state index is 14.9. The van der Waals surface area contributed by atoms with Crippen LogP contribution in [0, 0.1) is 12.7 Å². The van der Waals surface area contributed by atoms with E-state index < -0.39 is 29.1 Å². The third-order valence-electron chi connectivity index (χ3n) is 7.93. The van der Waals surface area contributed by atoms with Crippen molar-refractivity contribution in [3.05, 3.63) is 61.7 Å². The SMILES string of the molecule is CC[C@@]1(O)C(=O)OCc2c1cc1n(c2=O)Cc2c-1nc1cc(F)c(C)c3c1c2[C@@H](NC(=O)CON)CC3. The number of nitrogens with one attached hydrogen (secondary N) is 1. The van der Waals surface area contributed by atoms with E-state index in [9.17, 15) is 23.9 Å². The molecule has 37 heavy (non-hydrogen) atoms. The molecule has 0 spiro atoms. The fourth-order valence-electron chi connectivity index (χ4n) is 6.01. The summed E-state index contributed by atoms with van der Waals surface area (Å²) < 4.78 is 21.6. The number of carbonyl (C=O) groups is 2. The number of carbonyl (C=O) groups excluding carboxylic acids is 2. The molecular weight excluding hydrogens is 483 g/mol. The molecule has 10 nitrogen and oxygen atoms in total. The number of cyclic esters (lactones) is 1. The van der Waals surface area contributed by atoms with Crippen LogP contribution >= 0.6 is 0 Å². The van der Waals surface area contributed by atoms with Crippen LogP contribution in [0.3, 0.4) is 0 Å². The van der Waals surface area contributed by atoms with Crippen molar-refractivity contribution < 1.29 is 28.7 Å². The highest BCUT2D eigenvalue weighted by atomic mass is 19.1. The van der Waals surface area contributed by atoms with E-state index in [1.165, 1.54) is 10.6 Å². The second kappa shape index (κ2) is 8.17. The molecule has 3 aromatic rings. The normalized spacial score (nSPS) is 21.3. The lowest BCUT2D eigenvalue weighted by molar-refractivity contribution is -0.172. The summed E-state index contributed by atoms with van der Waals surface area (Å²) in [4.78, 5) is 47.7. The number of pyridine rings is 2. The number of hydrogen-bond acceptors (Lipinski definition) is 8. The Labute approximate surface area is 210 Å². The predicted octanol–water partition coefficient (Wildman–Crippen LogP) is 1.52. The fraction of sp³-hybridized carbons (Fsp3) is 0.385. The summed E-state index contributed by atoms with van der Waals surface area (Å²) in [5.74, 6) is 3.49. The van der Waals surface area contributed by atoms with Crippen LogP contribution in [-0.4, -0.2) is 33.1 Å². The summed E-state index contributed by atoms with van der Waals surface area (Å²) in [6.45, 7) is 2.97. The molecule has 3 aliphatic rings. The van der Waals surface area contributed by atoms with Gasteiger partial charge in [0, 0.05) is 22.6 Å². The Morgan fingerprint density at radius 2 is 2.14 bits per heavy atom. The van der Waals surface area contributed by atoms with Crippen molar-refractivity contribution in [2.45, 2.75) is 57.9 Å². The average Bonchev–Trinajstić information content (AvgIpc) is 3.24. The molecule has 2 atom stereocenters. The molecule has 11 heteroatoms. The minimum Gasteiger partial charge on any atom is -0.458 e. The van der Waals surface area contributed by atoms with Gasteiger partial charge in [0.2, 0.25) is 5.91 Å². The number of aliphatic hydroxyl groups is 1. The van der Waals surface area contributed by atoms with E-state index in [1.807, 2.05) is 0 Å². The van der Waals surface area contributed by atoms with Gasteiger partial charge in [-0.05, 0) is 48.9 Å². The highest BCUT2D eigenvalue weighted by Gasteiger charge is 2.46. The number of aryl methyl sites for hydroxylation is 1. The molecule has 0 fully saturated rings. The second-order valence-corrected chi connectivity index (χ2v) is 9.78. The minimum absolute atomic E-state index is 0.0240. The Morgan fingerprint density at radius 3 is 2.86 bits per heavy atom. The Hall–Kier alpha value is -3.67. The van der Waals surface area contributed by atoms with Gasteiger partial charge in [0.1, 0.15) is 19.0 Å². The van der Waals surface area contributed by atoms with Crippen LogP contribution in [0.5, 0.6) is 0 Å². The highest BCUT2D eigenvalue weighted by Crippen LogP contribution is 2.45. The van der Waals surface area contributed by atoms with E-state index in [2.05, 4.69) is 10.2 Å². The van der Waals surface area contributed by atoms with Crippen LogP contribution in [0.25, 0.3) is 22.3 Å². The summed E-state index contributed by atoms with van der Waals surface area (Å²) in [6.07, 6.45) is 1.07. The maximum Gasteiger partial charge on any atom is 0.343 e. The number of nitrogens with zero attached hydrogens (tertiary/aromatic N) is 2. The molecule has 1 amide bonds. The summed E-state index contributed by atoms with van der Waals surface area (Å²) in [5, 5.41) is 14.8. The first-order chi connectivity index (χ1) is 17.7. The van der Waals surface area contributed by atoms with Crippen molar-refractivity contribution in [3.63, 3.8) is 0 Å².